The maximum Gasteiger partial charge on any atom is 0.0727 e. The average molecular weight is 275 g/mol. The molecule has 0 atom stereocenters. The standard InChI is InChI=1S/C16H19ClN2/c1-2-18-16-10-15(11-5-3-4-6-11)19-14-8-7-12(17)9-13(14)16/h7-11H,2-6H2,1H3,(H,18,19). The second-order valence-electron chi connectivity index (χ2n) is 5.27. The molecule has 0 unspecified atom stereocenters. The van der Waals surface area contributed by atoms with Crippen LogP contribution < -0.4 is 5.32 Å². The van der Waals surface area contributed by atoms with Gasteiger partial charge < -0.3 is 5.32 Å². The topological polar surface area (TPSA) is 24.9 Å². The quantitative estimate of drug-likeness (QED) is 0.854. The van der Waals surface area contributed by atoms with Gasteiger partial charge >= 0.3 is 0 Å². The molecule has 1 aromatic carbocycles. The summed E-state index contributed by atoms with van der Waals surface area (Å²) >= 11 is 6.10. The first-order valence-electron chi connectivity index (χ1n) is 7.12. The molecule has 0 radical (unpaired) electrons. The highest BCUT2D eigenvalue weighted by Crippen LogP contribution is 2.36. The fourth-order valence-corrected chi connectivity index (χ4v) is 3.16. The number of aromatic nitrogens is 1. The number of anilines is 1. The summed E-state index contributed by atoms with van der Waals surface area (Å²) in [6, 6.07) is 8.17. The summed E-state index contributed by atoms with van der Waals surface area (Å²) in [6.07, 6.45) is 5.22. The molecule has 0 saturated heterocycles. The Bertz CT molecular complexity index is 589. The zero-order valence-electron chi connectivity index (χ0n) is 11.2. The predicted octanol–water partition coefficient (Wildman–Crippen LogP) is 4.98. The number of rotatable bonds is 3. The summed E-state index contributed by atoms with van der Waals surface area (Å²) in [6.45, 7) is 3.03. The van der Waals surface area contributed by atoms with Crippen molar-refractivity contribution in [1.29, 1.82) is 0 Å². The number of nitrogens with one attached hydrogen (secondary N) is 1. The van der Waals surface area contributed by atoms with Crippen molar-refractivity contribution >= 4 is 28.2 Å². The molecule has 1 fully saturated rings. The van der Waals surface area contributed by atoms with E-state index in [9.17, 15) is 0 Å². The maximum atomic E-state index is 6.10. The van der Waals surface area contributed by atoms with Crippen LogP contribution in [-0.2, 0) is 0 Å². The zero-order chi connectivity index (χ0) is 13.2. The molecule has 100 valence electrons. The number of nitrogens with zero attached hydrogens (tertiary/aromatic N) is 1. The van der Waals surface area contributed by atoms with Crippen LogP contribution in [0.4, 0.5) is 5.69 Å². The summed E-state index contributed by atoms with van der Waals surface area (Å²) in [7, 11) is 0. The Balaban J connectivity index is 2.12. The van der Waals surface area contributed by atoms with Gasteiger partial charge in [-0.1, -0.05) is 24.4 Å². The Labute approximate surface area is 119 Å². The van der Waals surface area contributed by atoms with E-state index in [2.05, 4.69) is 18.3 Å². The third kappa shape index (κ3) is 2.55. The van der Waals surface area contributed by atoms with E-state index in [1.165, 1.54) is 31.4 Å². The van der Waals surface area contributed by atoms with Crippen molar-refractivity contribution in [2.75, 3.05) is 11.9 Å². The third-order valence-electron chi connectivity index (χ3n) is 3.93. The van der Waals surface area contributed by atoms with Gasteiger partial charge in [0.15, 0.2) is 0 Å². The first-order chi connectivity index (χ1) is 9.28. The zero-order valence-corrected chi connectivity index (χ0v) is 12.0. The van der Waals surface area contributed by atoms with Gasteiger partial charge in [-0.3, -0.25) is 4.98 Å². The van der Waals surface area contributed by atoms with Crippen LogP contribution in [0.15, 0.2) is 24.3 Å². The Hall–Kier alpha value is -1.28. The Morgan fingerprint density at radius 2 is 2.05 bits per heavy atom. The van der Waals surface area contributed by atoms with Crippen molar-refractivity contribution in [2.45, 2.75) is 38.5 Å². The van der Waals surface area contributed by atoms with Crippen molar-refractivity contribution < 1.29 is 0 Å². The van der Waals surface area contributed by atoms with Crippen LogP contribution in [0.3, 0.4) is 0 Å². The van der Waals surface area contributed by atoms with Gasteiger partial charge in [-0.2, -0.15) is 0 Å². The third-order valence-corrected chi connectivity index (χ3v) is 4.17. The number of pyridine rings is 1. The molecule has 0 aliphatic heterocycles. The van der Waals surface area contributed by atoms with Crippen LogP contribution in [0.1, 0.15) is 44.2 Å². The van der Waals surface area contributed by atoms with Gasteiger partial charge in [0.2, 0.25) is 0 Å². The highest BCUT2D eigenvalue weighted by Gasteiger charge is 2.19. The van der Waals surface area contributed by atoms with Gasteiger partial charge in [0, 0.05) is 34.3 Å². The second-order valence-corrected chi connectivity index (χ2v) is 5.70. The van der Waals surface area contributed by atoms with E-state index in [4.69, 9.17) is 16.6 Å². The molecule has 1 aliphatic carbocycles. The van der Waals surface area contributed by atoms with Gasteiger partial charge in [0.25, 0.3) is 0 Å². The number of hydrogen-bond acceptors (Lipinski definition) is 2. The van der Waals surface area contributed by atoms with Crippen molar-refractivity contribution in [3.05, 3.63) is 35.0 Å². The first-order valence-corrected chi connectivity index (χ1v) is 7.50. The average Bonchev–Trinajstić information content (AvgIpc) is 2.93. The van der Waals surface area contributed by atoms with Crippen LogP contribution in [0.25, 0.3) is 10.9 Å². The van der Waals surface area contributed by atoms with Crippen LogP contribution in [-0.4, -0.2) is 11.5 Å². The largest absolute Gasteiger partial charge is 0.385 e. The fraction of sp³-hybridized carbons (Fsp3) is 0.438. The van der Waals surface area contributed by atoms with Gasteiger partial charge in [-0.25, -0.2) is 0 Å². The summed E-state index contributed by atoms with van der Waals surface area (Å²) in [5, 5.41) is 5.33. The van der Waals surface area contributed by atoms with Crippen molar-refractivity contribution in [3.8, 4) is 0 Å². The lowest BCUT2D eigenvalue weighted by Gasteiger charge is -2.14. The highest BCUT2D eigenvalue weighted by molar-refractivity contribution is 6.31. The Kier molecular flexibility index (Phi) is 3.61. The monoisotopic (exact) mass is 274 g/mol. The minimum Gasteiger partial charge on any atom is -0.385 e. The molecular formula is C16H19ClN2. The summed E-state index contributed by atoms with van der Waals surface area (Å²) in [5.74, 6) is 0.637. The van der Waals surface area contributed by atoms with Gasteiger partial charge in [0.05, 0.1) is 5.52 Å². The maximum absolute atomic E-state index is 6.10. The van der Waals surface area contributed by atoms with Gasteiger partial charge in [-0.15, -0.1) is 0 Å². The van der Waals surface area contributed by atoms with Crippen molar-refractivity contribution in [2.24, 2.45) is 0 Å². The number of benzene rings is 1. The number of hydrogen-bond donors (Lipinski definition) is 1. The van der Waals surface area contributed by atoms with Crippen LogP contribution in [0.5, 0.6) is 0 Å². The van der Waals surface area contributed by atoms with E-state index in [-0.39, 0.29) is 0 Å². The first kappa shape index (κ1) is 12.7. The lowest BCUT2D eigenvalue weighted by molar-refractivity contribution is 0.701. The molecule has 0 spiro atoms. The lowest BCUT2D eigenvalue weighted by Crippen LogP contribution is -2.03. The molecule has 3 heteroatoms. The molecule has 1 aliphatic rings. The molecule has 3 rings (SSSR count). The molecular weight excluding hydrogens is 256 g/mol. The molecule has 0 amide bonds. The lowest BCUT2D eigenvalue weighted by atomic mass is 10.0. The molecule has 1 aromatic heterocycles. The van der Waals surface area contributed by atoms with E-state index >= 15 is 0 Å². The van der Waals surface area contributed by atoms with Crippen LogP contribution in [0.2, 0.25) is 5.02 Å². The molecule has 2 nitrogen and oxygen atoms in total. The van der Waals surface area contributed by atoms with Crippen LogP contribution >= 0.6 is 11.6 Å². The molecule has 19 heavy (non-hydrogen) atoms. The Morgan fingerprint density at radius 3 is 2.79 bits per heavy atom. The minimum atomic E-state index is 0.637. The molecule has 2 aromatic rings. The molecule has 0 bridgehead atoms. The highest BCUT2D eigenvalue weighted by atomic mass is 35.5. The summed E-state index contributed by atoms with van der Waals surface area (Å²) in [4.78, 5) is 4.84. The van der Waals surface area contributed by atoms with E-state index in [0.29, 0.717) is 5.92 Å². The molecule has 1 N–H and O–H groups in total. The molecule has 1 saturated carbocycles. The van der Waals surface area contributed by atoms with E-state index in [1.54, 1.807) is 0 Å². The summed E-state index contributed by atoms with van der Waals surface area (Å²) < 4.78 is 0. The number of fused-ring (bicyclic) bond motifs is 1. The van der Waals surface area contributed by atoms with E-state index in [1.807, 2.05) is 18.2 Å². The fourth-order valence-electron chi connectivity index (χ4n) is 2.99. The van der Waals surface area contributed by atoms with Crippen molar-refractivity contribution in [3.63, 3.8) is 0 Å². The Morgan fingerprint density at radius 1 is 1.26 bits per heavy atom. The smallest absolute Gasteiger partial charge is 0.0727 e. The van der Waals surface area contributed by atoms with E-state index in [0.717, 1.165) is 28.2 Å². The second kappa shape index (κ2) is 5.38. The number of halogens is 1. The SMILES string of the molecule is CCNc1cc(C2CCCC2)nc2ccc(Cl)cc12. The van der Waals surface area contributed by atoms with Crippen LogP contribution in [0, 0.1) is 0 Å². The summed E-state index contributed by atoms with van der Waals surface area (Å²) in [5.41, 5.74) is 3.45. The minimum absolute atomic E-state index is 0.637. The molecule has 1 heterocycles. The van der Waals surface area contributed by atoms with Crippen molar-refractivity contribution in [1.82, 2.24) is 4.98 Å². The van der Waals surface area contributed by atoms with Gasteiger partial charge in [-0.05, 0) is 44.0 Å². The van der Waals surface area contributed by atoms with E-state index < -0.39 is 0 Å². The normalized spacial score (nSPS) is 16.1. The van der Waals surface area contributed by atoms with Gasteiger partial charge in [0.1, 0.15) is 0 Å². The predicted molar refractivity (Wildman–Crippen MR) is 82.1 cm³/mol.